The van der Waals surface area contributed by atoms with Crippen LogP contribution in [0.4, 0.5) is 8.78 Å². The molecule has 3 heterocycles. The van der Waals surface area contributed by atoms with Gasteiger partial charge in [-0.05, 0) is 59.4 Å². The van der Waals surface area contributed by atoms with E-state index in [1.807, 2.05) is 24.3 Å². The van der Waals surface area contributed by atoms with E-state index >= 15 is 8.78 Å². The zero-order chi connectivity index (χ0) is 30.5. The number of hydrogen-bond donors (Lipinski definition) is 5. The summed E-state index contributed by atoms with van der Waals surface area (Å²) in [6.07, 6.45) is 5.13. The van der Waals surface area contributed by atoms with Gasteiger partial charge in [-0.25, -0.2) is 8.78 Å². The minimum atomic E-state index is -0.497. The maximum absolute atomic E-state index is 15.6. The Hall–Kier alpha value is -4.62. The van der Waals surface area contributed by atoms with E-state index in [1.54, 1.807) is 26.5 Å². The molecule has 7 N–H and O–H groups in total. The lowest BCUT2D eigenvalue weighted by Crippen LogP contribution is -2.39. The molecule has 0 fully saturated rings. The predicted octanol–water partition coefficient (Wildman–Crippen LogP) is 2.86. The molecular weight excluding hydrogens is 556 g/mol. The fourth-order valence-corrected chi connectivity index (χ4v) is 5.33. The number of guanidine groups is 2. The third-order valence-electron chi connectivity index (χ3n) is 7.71. The van der Waals surface area contributed by atoms with Crippen molar-refractivity contribution >= 4 is 23.1 Å². The summed E-state index contributed by atoms with van der Waals surface area (Å²) in [6.45, 7) is 2.49. The maximum Gasteiger partial charge on any atom is 0.188 e. The molecule has 3 aromatic rings. The van der Waals surface area contributed by atoms with Crippen LogP contribution in [0.1, 0.15) is 24.0 Å². The van der Waals surface area contributed by atoms with Crippen LogP contribution in [0, 0.1) is 22.5 Å². The van der Waals surface area contributed by atoms with Crippen molar-refractivity contribution in [1.82, 2.24) is 24.6 Å². The summed E-state index contributed by atoms with van der Waals surface area (Å²) in [7, 11) is 0. The number of aliphatic hydroxyl groups is 1. The van der Waals surface area contributed by atoms with E-state index in [4.69, 9.17) is 32.1 Å². The molecule has 0 saturated carbocycles. The Morgan fingerprint density at radius 1 is 0.814 bits per heavy atom. The normalized spacial score (nSPS) is 15.3. The number of ether oxygens (including phenoxy) is 1. The van der Waals surface area contributed by atoms with E-state index in [0.717, 1.165) is 22.3 Å². The standard InChI is InChI=1S/C30H35F2N9O2/c31-25-17-21(19-5-9-39(10-6-19)29(33)34)1-3-23(25)27-37-38-28(41(27)13-15-43-16-14-42)24-4-2-22(18-26(24)32)20-7-11-40(12-8-20)30(35)36/h1-5,7,17-18,42H,6,8-16H2,(H3,33,34)(H3,35,36). The fourth-order valence-electron chi connectivity index (χ4n) is 5.33. The Labute approximate surface area is 248 Å². The Morgan fingerprint density at radius 2 is 1.30 bits per heavy atom. The lowest BCUT2D eigenvalue weighted by molar-refractivity contribution is 0.0873. The highest BCUT2D eigenvalue weighted by Crippen LogP contribution is 2.32. The molecule has 0 spiro atoms. The summed E-state index contributed by atoms with van der Waals surface area (Å²) < 4.78 is 38.3. The van der Waals surface area contributed by atoms with E-state index in [1.165, 1.54) is 12.1 Å². The number of nitrogens with one attached hydrogen (secondary N) is 2. The largest absolute Gasteiger partial charge is 0.394 e. The van der Waals surface area contributed by atoms with Gasteiger partial charge in [0.2, 0.25) is 0 Å². The molecule has 0 saturated heterocycles. The van der Waals surface area contributed by atoms with Crippen molar-refractivity contribution < 1.29 is 18.6 Å². The van der Waals surface area contributed by atoms with Gasteiger partial charge in [0.05, 0.1) is 30.9 Å². The van der Waals surface area contributed by atoms with Gasteiger partial charge in [-0.1, -0.05) is 24.3 Å². The van der Waals surface area contributed by atoms with Crippen LogP contribution in [0.15, 0.2) is 48.6 Å². The third kappa shape index (κ3) is 6.57. The number of hydrogen-bond acceptors (Lipinski definition) is 6. The quantitative estimate of drug-likeness (QED) is 0.144. The Morgan fingerprint density at radius 3 is 1.67 bits per heavy atom. The summed E-state index contributed by atoms with van der Waals surface area (Å²) in [5.74, 6) is -0.516. The lowest BCUT2D eigenvalue weighted by atomic mass is 9.97. The van der Waals surface area contributed by atoms with Gasteiger partial charge in [0.1, 0.15) is 11.6 Å². The minimum absolute atomic E-state index is 0.00749. The molecule has 2 aliphatic heterocycles. The first-order valence-electron chi connectivity index (χ1n) is 14.0. The molecule has 13 heteroatoms. The minimum Gasteiger partial charge on any atom is -0.394 e. The molecule has 11 nitrogen and oxygen atoms in total. The van der Waals surface area contributed by atoms with Crippen LogP contribution >= 0.6 is 0 Å². The zero-order valence-corrected chi connectivity index (χ0v) is 23.7. The highest BCUT2D eigenvalue weighted by atomic mass is 19.1. The number of aromatic nitrogens is 3. The smallest absolute Gasteiger partial charge is 0.188 e. The average Bonchev–Trinajstić information content (AvgIpc) is 3.42. The number of benzene rings is 2. The van der Waals surface area contributed by atoms with Crippen LogP contribution in [-0.4, -0.2) is 87.6 Å². The topological polar surface area (TPSA) is 166 Å². The first kappa shape index (κ1) is 29.9. The van der Waals surface area contributed by atoms with E-state index in [0.29, 0.717) is 39.0 Å². The van der Waals surface area contributed by atoms with Gasteiger partial charge >= 0.3 is 0 Å². The van der Waals surface area contributed by atoms with Gasteiger partial charge in [0.25, 0.3) is 0 Å². The molecule has 0 radical (unpaired) electrons. The number of rotatable bonds is 9. The lowest BCUT2D eigenvalue weighted by Gasteiger charge is -2.26. The summed E-state index contributed by atoms with van der Waals surface area (Å²) in [5, 5.41) is 32.8. The highest BCUT2D eigenvalue weighted by Gasteiger charge is 2.23. The van der Waals surface area contributed by atoms with Crippen molar-refractivity contribution in [2.45, 2.75) is 19.4 Å². The number of aliphatic hydroxyl groups excluding tert-OH is 1. The molecule has 0 bridgehead atoms. The maximum atomic E-state index is 15.6. The fraction of sp³-hybridized carbons (Fsp3) is 0.333. The van der Waals surface area contributed by atoms with Crippen molar-refractivity contribution in [3.05, 3.63) is 71.3 Å². The van der Waals surface area contributed by atoms with Crippen molar-refractivity contribution in [2.75, 3.05) is 46.0 Å². The summed E-state index contributed by atoms with van der Waals surface area (Å²) in [5.41, 5.74) is 15.0. The molecule has 0 unspecified atom stereocenters. The number of nitrogens with zero attached hydrogens (tertiary/aromatic N) is 5. The molecule has 0 aliphatic carbocycles. The number of nitrogens with two attached hydrogens (primary N) is 2. The van der Waals surface area contributed by atoms with E-state index < -0.39 is 11.6 Å². The second-order valence-electron chi connectivity index (χ2n) is 10.3. The Kier molecular flexibility index (Phi) is 9.12. The van der Waals surface area contributed by atoms with Crippen molar-refractivity contribution in [3.8, 4) is 22.8 Å². The van der Waals surface area contributed by atoms with Gasteiger partial charge in [0, 0.05) is 32.7 Å². The van der Waals surface area contributed by atoms with Gasteiger partial charge in [-0.15, -0.1) is 10.2 Å². The third-order valence-corrected chi connectivity index (χ3v) is 7.71. The second-order valence-corrected chi connectivity index (χ2v) is 10.3. The molecule has 2 aromatic carbocycles. The summed E-state index contributed by atoms with van der Waals surface area (Å²) in [4.78, 5) is 3.47. The van der Waals surface area contributed by atoms with Crippen LogP contribution in [0.3, 0.4) is 0 Å². The van der Waals surface area contributed by atoms with E-state index in [2.05, 4.69) is 10.2 Å². The Bertz CT molecular complexity index is 1470. The Balaban J connectivity index is 1.44. The predicted molar refractivity (Wildman–Crippen MR) is 161 cm³/mol. The van der Waals surface area contributed by atoms with Gasteiger partial charge < -0.3 is 35.7 Å². The highest BCUT2D eigenvalue weighted by molar-refractivity contribution is 5.78. The van der Waals surface area contributed by atoms with Crippen LogP contribution in [0.5, 0.6) is 0 Å². The molecular formula is C30H35F2N9O2. The monoisotopic (exact) mass is 591 g/mol. The summed E-state index contributed by atoms with van der Waals surface area (Å²) >= 11 is 0. The van der Waals surface area contributed by atoms with Crippen LogP contribution in [0.25, 0.3) is 33.9 Å². The van der Waals surface area contributed by atoms with Crippen molar-refractivity contribution in [1.29, 1.82) is 10.8 Å². The molecule has 5 rings (SSSR count). The molecule has 2 aliphatic rings. The van der Waals surface area contributed by atoms with Gasteiger partial charge in [-0.2, -0.15) is 0 Å². The molecule has 226 valence electrons. The van der Waals surface area contributed by atoms with Crippen LogP contribution in [0.2, 0.25) is 0 Å². The van der Waals surface area contributed by atoms with Gasteiger partial charge in [0.15, 0.2) is 23.6 Å². The average molecular weight is 592 g/mol. The second kappa shape index (κ2) is 13.1. The number of halogens is 2. The zero-order valence-electron chi connectivity index (χ0n) is 23.7. The first-order valence-corrected chi connectivity index (χ1v) is 14.0. The molecule has 0 amide bonds. The summed E-state index contributed by atoms with van der Waals surface area (Å²) in [6, 6.07) is 9.81. The molecule has 43 heavy (non-hydrogen) atoms. The SMILES string of the molecule is N=C(N)N1CC=C(c2ccc(-c3nnc(-c4ccc(C5=CCN(C(=N)N)CC5)cc4F)n3CCOCCO)c(F)c2)CC1. The molecule has 1 aromatic heterocycles. The van der Waals surface area contributed by atoms with Crippen LogP contribution in [-0.2, 0) is 11.3 Å². The van der Waals surface area contributed by atoms with Crippen LogP contribution < -0.4 is 11.5 Å². The van der Waals surface area contributed by atoms with E-state index in [-0.39, 0.29) is 61.1 Å². The first-order chi connectivity index (χ1) is 20.8. The van der Waals surface area contributed by atoms with Crippen molar-refractivity contribution in [2.24, 2.45) is 11.5 Å². The van der Waals surface area contributed by atoms with E-state index in [9.17, 15) is 0 Å². The van der Waals surface area contributed by atoms with Gasteiger partial charge in [-0.3, -0.25) is 10.8 Å². The molecule has 0 atom stereocenters. The van der Waals surface area contributed by atoms with Crippen molar-refractivity contribution in [3.63, 3.8) is 0 Å².